The van der Waals surface area contributed by atoms with E-state index in [-0.39, 0.29) is 6.04 Å². The largest absolute Gasteiger partial charge is 0.323 e. The summed E-state index contributed by atoms with van der Waals surface area (Å²) in [7, 11) is 0. The lowest BCUT2D eigenvalue weighted by Gasteiger charge is -2.21. The van der Waals surface area contributed by atoms with Gasteiger partial charge in [-0.15, -0.1) is 0 Å². The fraction of sp³-hybridized carbons (Fsp3) is 0.333. The molecular formula is C15H18N2. The molecule has 88 valence electrons. The number of nitrogens with two attached hydrogens (primary N) is 1. The monoisotopic (exact) mass is 226 g/mol. The maximum Gasteiger partial charge on any atom is 0.0457 e. The predicted octanol–water partition coefficient (Wildman–Crippen LogP) is 2.59. The molecule has 2 atom stereocenters. The molecule has 3 rings (SSSR count). The van der Waals surface area contributed by atoms with Crippen molar-refractivity contribution in [1.29, 1.82) is 0 Å². The molecule has 0 amide bonds. The van der Waals surface area contributed by atoms with Crippen LogP contribution in [-0.4, -0.2) is 12.6 Å². The molecule has 1 aliphatic heterocycles. The normalized spacial score (nSPS) is 21.8. The Kier molecular flexibility index (Phi) is 2.83. The molecule has 2 unspecified atom stereocenters. The van der Waals surface area contributed by atoms with Gasteiger partial charge in [-0.05, 0) is 35.7 Å². The van der Waals surface area contributed by atoms with Crippen LogP contribution >= 0.6 is 0 Å². The number of fused-ring (bicyclic) bond motifs is 1. The van der Waals surface area contributed by atoms with E-state index >= 15 is 0 Å². The van der Waals surface area contributed by atoms with Crippen LogP contribution in [0.2, 0.25) is 0 Å². The zero-order valence-electron chi connectivity index (χ0n) is 9.89. The second kappa shape index (κ2) is 4.47. The van der Waals surface area contributed by atoms with Crippen LogP contribution in [0.1, 0.15) is 24.4 Å². The minimum atomic E-state index is 0.101. The zero-order chi connectivity index (χ0) is 11.7. The third kappa shape index (κ3) is 1.94. The summed E-state index contributed by atoms with van der Waals surface area (Å²) in [5.74, 6) is 0. The maximum atomic E-state index is 6.40. The molecule has 0 bridgehead atoms. The standard InChI is InChI=1S/C15H18N2/c16-15(14-9-4-10-17-14)13-8-3-6-11-5-1-2-7-12(11)13/h1-3,5-8,14-15,17H,4,9-10,16H2. The van der Waals surface area contributed by atoms with Crippen molar-refractivity contribution in [1.82, 2.24) is 5.32 Å². The topological polar surface area (TPSA) is 38.0 Å². The van der Waals surface area contributed by atoms with Gasteiger partial charge in [-0.1, -0.05) is 42.5 Å². The Balaban J connectivity index is 2.04. The molecule has 1 saturated heterocycles. The molecule has 1 fully saturated rings. The van der Waals surface area contributed by atoms with Crippen LogP contribution in [0.15, 0.2) is 42.5 Å². The van der Waals surface area contributed by atoms with E-state index in [9.17, 15) is 0 Å². The van der Waals surface area contributed by atoms with E-state index < -0.39 is 0 Å². The Morgan fingerprint density at radius 3 is 2.76 bits per heavy atom. The Hall–Kier alpha value is -1.38. The third-order valence-corrected chi connectivity index (χ3v) is 3.71. The van der Waals surface area contributed by atoms with Crippen LogP contribution in [0.3, 0.4) is 0 Å². The SMILES string of the molecule is NC(c1cccc2ccccc12)C1CCCN1. The lowest BCUT2D eigenvalue weighted by Crippen LogP contribution is -2.34. The van der Waals surface area contributed by atoms with Crippen molar-refractivity contribution in [3.8, 4) is 0 Å². The number of hydrogen-bond acceptors (Lipinski definition) is 2. The Labute approximate surface area is 102 Å². The van der Waals surface area contributed by atoms with Gasteiger partial charge in [-0.3, -0.25) is 0 Å². The number of rotatable bonds is 2. The Morgan fingerprint density at radius 2 is 1.94 bits per heavy atom. The van der Waals surface area contributed by atoms with Gasteiger partial charge >= 0.3 is 0 Å². The van der Waals surface area contributed by atoms with Crippen molar-refractivity contribution in [2.45, 2.75) is 24.9 Å². The quantitative estimate of drug-likeness (QED) is 0.826. The molecule has 2 heteroatoms. The summed E-state index contributed by atoms with van der Waals surface area (Å²) >= 11 is 0. The van der Waals surface area contributed by atoms with Crippen LogP contribution in [0.25, 0.3) is 10.8 Å². The number of benzene rings is 2. The van der Waals surface area contributed by atoms with Gasteiger partial charge in [0.2, 0.25) is 0 Å². The number of nitrogens with one attached hydrogen (secondary N) is 1. The molecule has 2 aromatic carbocycles. The number of hydrogen-bond donors (Lipinski definition) is 2. The van der Waals surface area contributed by atoms with Gasteiger partial charge in [0.05, 0.1) is 0 Å². The van der Waals surface area contributed by atoms with Crippen LogP contribution in [0.4, 0.5) is 0 Å². The summed E-state index contributed by atoms with van der Waals surface area (Å²) < 4.78 is 0. The summed E-state index contributed by atoms with van der Waals surface area (Å²) in [6.07, 6.45) is 2.42. The van der Waals surface area contributed by atoms with Crippen LogP contribution in [-0.2, 0) is 0 Å². The van der Waals surface area contributed by atoms with Crippen molar-refractivity contribution in [3.05, 3.63) is 48.0 Å². The van der Waals surface area contributed by atoms with Crippen LogP contribution < -0.4 is 11.1 Å². The summed E-state index contributed by atoms with van der Waals surface area (Å²) in [4.78, 5) is 0. The molecule has 2 aromatic rings. The molecular weight excluding hydrogens is 208 g/mol. The molecule has 0 saturated carbocycles. The second-order valence-electron chi connectivity index (χ2n) is 4.80. The first-order valence-corrected chi connectivity index (χ1v) is 6.33. The average Bonchev–Trinajstić information content (AvgIpc) is 2.91. The first-order valence-electron chi connectivity index (χ1n) is 6.33. The second-order valence-corrected chi connectivity index (χ2v) is 4.80. The summed E-state index contributed by atoms with van der Waals surface area (Å²) in [5, 5.41) is 6.06. The predicted molar refractivity (Wildman–Crippen MR) is 71.9 cm³/mol. The fourth-order valence-electron chi connectivity index (χ4n) is 2.78. The molecule has 0 spiro atoms. The van der Waals surface area contributed by atoms with Gasteiger partial charge in [0, 0.05) is 12.1 Å². The maximum absolute atomic E-state index is 6.40. The summed E-state index contributed by atoms with van der Waals surface area (Å²) in [6.45, 7) is 1.10. The van der Waals surface area contributed by atoms with Gasteiger partial charge in [-0.25, -0.2) is 0 Å². The highest BCUT2D eigenvalue weighted by Crippen LogP contribution is 2.27. The minimum absolute atomic E-state index is 0.101. The van der Waals surface area contributed by atoms with E-state index in [1.165, 1.54) is 29.2 Å². The van der Waals surface area contributed by atoms with E-state index in [1.807, 2.05) is 0 Å². The average molecular weight is 226 g/mol. The molecule has 2 nitrogen and oxygen atoms in total. The van der Waals surface area contributed by atoms with Gasteiger partial charge in [-0.2, -0.15) is 0 Å². The van der Waals surface area contributed by atoms with Gasteiger partial charge in [0.15, 0.2) is 0 Å². The molecule has 0 aromatic heterocycles. The minimum Gasteiger partial charge on any atom is -0.323 e. The van der Waals surface area contributed by atoms with E-state index in [1.54, 1.807) is 0 Å². The first kappa shape index (κ1) is 10.8. The molecule has 1 aliphatic rings. The van der Waals surface area contributed by atoms with Crippen molar-refractivity contribution in [2.24, 2.45) is 5.73 Å². The van der Waals surface area contributed by atoms with Crippen molar-refractivity contribution in [3.63, 3.8) is 0 Å². The van der Waals surface area contributed by atoms with Crippen molar-refractivity contribution in [2.75, 3.05) is 6.54 Å². The van der Waals surface area contributed by atoms with E-state index in [0.29, 0.717) is 6.04 Å². The van der Waals surface area contributed by atoms with Crippen molar-refractivity contribution >= 4 is 10.8 Å². The third-order valence-electron chi connectivity index (χ3n) is 3.71. The smallest absolute Gasteiger partial charge is 0.0457 e. The zero-order valence-corrected chi connectivity index (χ0v) is 9.89. The van der Waals surface area contributed by atoms with E-state index in [4.69, 9.17) is 5.73 Å². The van der Waals surface area contributed by atoms with Gasteiger partial charge < -0.3 is 11.1 Å². The Bertz CT molecular complexity index is 510. The van der Waals surface area contributed by atoms with E-state index in [0.717, 1.165) is 6.54 Å². The molecule has 17 heavy (non-hydrogen) atoms. The van der Waals surface area contributed by atoms with Crippen molar-refractivity contribution < 1.29 is 0 Å². The molecule has 0 radical (unpaired) electrons. The summed E-state index contributed by atoms with van der Waals surface area (Å²) in [5.41, 5.74) is 7.67. The highest BCUT2D eigenvalue weighted by molar-refractivity contribution is 5.86. The molecule has 1 heterocycles. The lowest BCUT2D eigenvalue weighted by molar-refractivity contribution is 0.503. The lowest BCUT2D eigenvalue weighted by atomic mass is 9.94. The highest BCUT2D eigenvalue weighted by atomic mass is 15.0. The summed E-state index contributed by atoms with van der Waals surface area (Å²) in [6, 6.07) is 15.4. The molecule has 0 aliphatic carbocycles. The molecule has 3 N–H and O–H groups in total. The van der Waals surface area contributed by atoms with Crippen LogP contribution in [0, 0.1) is 0 Å². The van der Waals surface area contributed by atoms with Gasteiger partial charge in [0.25, 0.3) is 0 Å². The van der Waals surface area contributed by atoms with Gasteiger partial charge in [0.1, 0.15) is 0 Å². The van der Waals surface area contributed by atoms with Crippen LogP contribution in [0.5, 0.6) is 0 Å². The first-order chi connectivity index (χ1) is 8.36. The fourth-order valence-corrected chi connectivity index (χ4v) is 2.78. The highest BCUT2D eigenvalue weighted by Gasteiger charge is 2.23. The Morgan fingerprint density at radius 1 is 1.12 bits per heavy atom. The van der Waals surface area contributed by atoms with E-state index in [2.05, 4.69) is 47.8 Å².